The molecule has 0 aromatic carbocycles. The first-order chi connectivity index (χ1) is 22.1. The van der Waals surface area contributed by atoms with Gasteiger partial charge in [0, 0.05) is 0 Å². The molecule has 1 aliphatic heterocycles. The molecule has 0 bridgehead atoms. The number of hydrogen-bond acceptors (Lipinski definition) is 14. The molecule has 3 unspecified atom stereocenters. The molecular weight excluding hydrogens is 637 g/mol. The lowest BCUT2D eigenvalue weighted by molar-refractivity contribution is -0.146. The zero-order chi connectivity index (χ0) is 35.1. The van der Waals surface area contributed by atoms with Crippen LogP contribution in [0.15, 0.2) is 6.33 Å². The first-order valence-corrected chi connectivity index (χ1v) is 17.5. The van der Waals surface area contributed by atoms with Gasteiger partial charge in [0.25, 0.3) is 0 Å². The summed E-state index contributed by atoms with van der Waals surface area (Å²) >= 11 is 0. The summed E-state index contributed by atoms with van der Waals surface area (Å²) in [6, 6.07) is -2.13. The van der Waals surface area contributed by atoms with Crippen LogP contribution in [-0.4, -0.2) is 98.0 Å². The van der Waals surface area contributed by atoms with Gasteiger partial charge in [-0.3, -0.25) is 18.7 Å². The smallest absolute Gasteiger partial charge is 0.342 e. The van der Waals surface area contributed by atoms with Gasteiger partial charge in [-0.25, -0.2) is 15.2 Å². The highest BCUT2D eigenvalue weighted by molar-refractivity contribution is 7.54. The summed E-state index contributed by atoms with van der Waals surface area (Å²) in [5.41, 5.74) is 4.42. The Morgan fingerprint density at radius 2 is 1.60 bits per heavy atom. The number of carbonyl (C=O) groups is 2. The van der Waals surface area contributed by atoms with E-state index in [4.69, 9.17) is 29.2 Å². The second-order valence-corrected chi connectivity index (χ2v) is 14.2. The Morgan fingerprint density at radius 1 is 1.04 bits per heavy atom. The molecule has 2 aromatic rings. The minimum Gasteiger partial charge on any atom is -0.476 e. The monoisotopic (exact) mass is 687 g/mol. The fraction of sp³-hybridized carbons (Fsp3) is 0.759. The van der Waals surface area contributed by atoms with E-state index in [2.05, 4.69) is 25.1 Å². The molecule has 18 heteroatoms. The maximum absolute atomic E-state index is 14.5. The number of esters is 2. The molecular formula is C29H50N7O10P. The number of nitrogens with zero attached hydrogens (tertiary/aromatic N) is 4. The van der Waals surface area contributed by atoms with Crippen LogP contribution in [0.2, 0.25) is 0 Å². The highest BCUT2D eigenvalue weighted by Crippen LogP contribution is 2.45. The number of imidazole rings is 1. The molecule has 1 fully saturated rings. The predicted molar refractivity (Wildman–Crippen MR) is 171 cm³/mol. The third kappa shape index (κ3) is 9.59. The maximum Gasteiger partial charge on any atom is 0.342 e. The minimum absolute atomic E-state index is 0.0104. The van der Waals surface area contributed by atoms with E-state index in [1.165, 1.54) is 17.8 Å². The highest BCUT2D eigenvalue weighted by atomic mass is 31.2. The van der Waals surface area contributed by atoms with E-state index in [0.29, 0.717) is 6.61 Å². The average Bonchev–Trinajstić information content (AvgIpc) is 3.48. The van der Waals surface area contributed by atoms with Crippen molar-refractivity contribution in [2.75, 3.05) is 32.2 Å². The SMILES string of the molecule is CCOC(=O)[C@H](CC(C)C)NP(=O)(N[C@H](CC(C)C)C(=O)OCC)OC[C@H]1O[C@@H](n2cnc3c(OCC)nc(N)nc32)C(C)(O)C1O. The quantitative estimate of drug-likeness (QED) is 0.111. The number of fused-ring (bicyclic) bond motifs is 1. The number of aliphatic hydroxyl groups excluding tert-OH is 1. The Balaban J connectivity index is 1.94. The van der Waals surface area contributed by atoms with Gasteiger partial charge in [-0.2, -0.15) is 9.97 Å². The number of hydrogen-bond donors (Lipinski definition) is 5. The second-order valence-electron chi connectivity index (χ2n) is 12.3. The number of aliphatic hydroxyl groups is 2. The van der Waals surface area contributed by atoms with Crippen molar-refractivity contribution in [3.8, 4) is 5.88 Å². The molecule has 0 radical (unpaired) electrons. The van der Waals surface area contributed by atoms with Gasteiger partial charge in [0.05, 0.1) is 32.8 Å². The number of rotatable bonds is 18. The van der Waals surface area contributed by atoms with Crippen LogP contribution in [0, 0.1) is 11.8 Å². The predicted octanol–water partition coefficient (Wildman–Crippen LogP) is 2.08. The first-order valence-electron chi connectivity index (χ1n) is 15.9. The molecule has 266 valence electrons. The summed E-state index contributed by atoms with van der Waals surface area (Å²) in [4.78, 5) is 38.4. The molecule has 3 rings (SSSR count). The van der Waals surface area contributed by atoms with Crippen molar-refractivity contribution < 1.29 is 47.8 Å². The second kappa shape index (κ2) is 16.5. The Labute approximate surface area is 274 Å². The van der Waals surface area contributed by atoms with E-state index in [9.17, 15) is 24.4 Å². The minimum atomic E-state index is -4.31. The van der Waals surface area contributed by atoms with Crippen molar-refractivity contribution >= 4 is 36.7 Å². The summed E-state index contributed by atoms with van der Waals surface area (Å²) in [5, 5.41) is 28.2. The lowest BCUT2D eigenvalue weighted by Crippen LogP contribution is -2.47. The Hall–Kier alpha value is -2.92. The number of nitrogens with two attached hydrogens (primary N) is 1. The van der Waals surface area contributed by atoms with Crippen LogP contribution in [0.1, 0.15) is 74.5 Å². The van der Waals surface area contributed by atoms with Gasteiger partial charge >= 0.3 is 19.6 Å². The summed E-state index contributed by atoms with van der Waals surface area (Å²) in [6.07, 6.45) is -2.23. The molecule has 0 spiro atoms. The zero-order valence-electron chi connectivity index (χ0n) is 28.3. The zero-order valence-corrected chi connectivity index (χ0v) is 29.2. The average molecular weight is 688 g/mol. The molecule has 0 saturated carbocycles. The molecule has 47 heavy (non-hydrogen) atoms. The molecule has 17 nitrogen and oxygen atoms in total. The van der Waals surface area contributed by atoms with Crippen molar-refractivity contribution in [1.29, 1.82) is 0 Å². The van der Waals surface area contributed by atoms with Crippen molar-refractivity contribution in [3.05, 3.63) is 6.33 Å². The van der Waals surface area contributed by atoms with Crippen LogP contribution >= 0.6 is 7.67 Å². The fourth-order valence-electron chi connectivity index (χ4n) is 5.23. The summed E-state index contributed by atoms with van der Waals surface area (Å²) in [6.45, 7) is 13.9. The molecule has 1 aliphatic rings. The van der Waals surface area contributed by atoms with Crippen LogP contribution in [0.3, 0.4) is 0 Å². The number of anilines is 1. The van der Waals surface area contributed by atoms with Gasteiger partial charge in [0.1, 0.15) is 29.9 Å². The number of aromatic nitrogens is 4. The van der Waals surface area contributed by atoms with Gasteiger partial charge in [0.2, 0.25) is 11.8 Å². The van der Waals surface area contributed by atoms with E-state index in [0.717, 1.165) is 0 Å². The molecule has 1 saturated heterocycles. The maximum atomic E-state index is 14.5. The Kier molecular flexibility index (Phi) is 13.5. The molecule has 2 aromatic heterocycles. The van der Waals surface area contributed by atoms with Gasteiger partial charge in [-0.15, -0.1) is 0 Å². The fourth-order valence-corrected chi connectivity index (χ4v) is 7.05. The molecule has 0 aliphatic carbocycles. The number of ether oxygens (including phenoxy) is 4. The highest BCUT2D eigenvalue weighted by Gasteiger charge is 2.54. The molecule has 6 N–H and O–H groups in total. The lowest BCUT2D eigenvalue weighted by Gasteiger charge is -2.30. The third-order valence-electron chi connectivity index (χ3n) is 7.32. The van der Waals surface area contributed by atoms with E-state index in [-0.39, 0.29) is 60.9 Å². The van der Waals surface area contributed by atoms with Gasteiger partial charge < -0.3 is 39.4 Å². The van der Waals surface area contributed by atoms with Crippen molar-refractivity contribution in [3.63, 3.8) is 0 Å². The Morgan fingerprint density at radius 3 is 2.09 bits per heavy atom. The van der Waals surface area contributed by atoms with E-state index in [1.54, 1.807) is 20.8 Å². The van der Waals surface area contributed by atoms with Gasteiger partial charge in [0.15, 0.2) is 17.4 Å². The Bertz CT molecular complexity index is 1370. The first kappa shape index (κ1) is 38.5. The van der Waals surface area contributed by atoms with Crippen molar-refractivity contribution in [2.45, 2.75) is 104 Å². The lowest BCUT2D eigenvalue weighted by atomic mass is 9.96. The number of nitrogens with one attached hydrogen (secondary N) is 2. The van der Waals surface area contributed by atoms with Crippen LogP contribution in [0.4, 0.5) is 5.95 Å². The van der Waals surface area contributed by atoms with Gasteiger partial charge in [-0.05, 0) is 52.4 Å². The van der Waals surface area contributed by atoms with Crippen molar-refractivity contribution in [2.24, 2.45) is 11.8 Å². The third-order valence-corrected chi connectivity index (χ3v) is 9.14. The largest absolute Gasteiger partial charge is 0.476 e. The number of carbonyl (C=O) groups excluding carboxylic acids is 2. The van der Waals surface area contributed by atoms with Crippen molar-refractivity contribution in [1.82, 2.24) is 29.7 Å². The van der Waals surface area contributed by atoms with E-state index < -0.39 is 62.3 Å². The van der Waals surface area contributed by atoms with E-state index in [1.807, 2.05) is 27.7 Å². The van der Waals surface area contributed by atoms with Crippen LogP contribution in [0.25, 0.3) is 11.2 Å². The number of nitrogen functional groups attached to an aromatic ring is 1. The molecule has 3 heterocycles. The topological polar surface area (TPSA) is 232 Å². The van der Waals surface area contributed by atoms with Crippen LogP contribution in [0.5, 0.6) is 5.88 Å². The van der Waals surface area contributed by atoms with E-state index >= 15 is 0 Å². The standard InChI is InChI=1S/C29H50N7O10P/c1-9-42-24-21-23(32-28(30)33-24)36(15-31-21)27-29(8,40)22(37)20(46-27)14-45-47(41,34-18(12-16(4)5)25(38)43-10-2)35-19(13-17(6)7)26(39)44-11-3/h15-20,22,27,37,40H,9-14H2,1-8H3,(H2,30,32,33)(H2,34,35,41)/t18-,19+,20-,22?,27-,29?,47?/m1/s1. The summed E-state index contributed by atoms with van der Waals surface area (Å²) < 4.78 is 43.9. The summed E-state index contributed by atoms with van der Waals surface area (Å²) in [5.74, 6) is -1.28. The van der Waals surface area contributed by atoms with Crippen LogP contribution < -0.4 is 20.6 Å². The van der Waals surface area contributed by atoms with Crippen LogP contribution in [-0.2, 0) is 32.9 Å². The molecule has 0 amide bonds. The van der Waals surface area contributed by atoms with Gasteiger partial charge in [-0.1, -0.05) is 27.7 Å². The normalized spacial score (nSPS) is 24.0. The molecule has 7 atom stereocenters. The summed E-state index contributed by atoms with van der Waals surface area (Å²) in [7, 11) is -4.31.